The lowest BCUT2D eigenvalue weighted by molar-refractivity contribution is 0.376. The zero-order valence-corrected chi connectivity index (χ0v) is 16.5. The summed E-state index contributed by atoms with van der Waals surface area (Å²) in [6, 6.07) is 10.7. The molecule has 0 radical (unpaired) electrons. The molecule has 2 aromatic rings. The Morgan fingerprint density at radius 2 is 1.93 bits per heavy atom. The van der Waals surface area contributed by atoms with Crippen LogP contribution in [0.25, 0.3) is 0 Å². The quantitative estimate of drug-likeness (QED) is 0.786. The third kappa shape index (κ3) is 5.72. The molecule has 1 aliphatic heterocycles. The van der Waals surface area contributed by atoms with Crippen LogP contribution >= 0.6 is 12.4 Å². The smallest absolute Gasteiger partial charge is 0.216 e. The van der Waals surface area contributed by atoms with E-state index in [2.05, 4.69) is 10.0 Å². The van der Waals surface area contributed by atoms with Crippen LogP contribution in [-0.4, -0.2) is 27.5 Å². The number of hydrogen-bond donors (Lipinski definition) is 2. The molecule has 1 saturated heterocycles. The Hall–Kier alpha value is -1.54. The van der Waals surface area contributed by atoms with E-state index >= 15 is 0 Å². The van der Waals surface area contributed by atoms with Gasteiger partial charge in [0, 0.05) is 18.5 Å². The fraction of sp³-hybridized carbons (Fsp3) is 0.368. The van der Waals surface area contributed by atoms with Crippen molar-refractivity contribution in [2.45, 2.75) is 31.1 Å². The maximum Gasteiger partial charge on any atom is 0.216 e. The summed E-state index contributed by atoms with van der Waals surface area (Å²) in [6.07, 6.45) is 0.642. The third-order valence-corrected chi connectivity index (χ3v) is 6.00. The van der Waals surface area contributed by atoms with Gasteiger partial charge in [-0.3, -0.25) is 0 Å². The van der Waals surface area contributed by atoms with Crippen molar-refractivity contribution in [1.29, 1.82) is 0 Å². The summed E-state index contributed by atoms with van der Waals surface area (Å²) in [5, 5.41) is 3.16. The van der Waals surface area contributed by atoms with Gasteiger partial charge < -0.3 is 5.32 Å². The lowest BCUT2D eigenvalue weighted by Gasteiger charge is -2.33. The van der Waals surface area contributed by atoms with Crippen LogP contribution in [0, 0.1) is 18.6 Å². The van der Waals surface area contributed by atoms with Crippen LogP contribution in [-0.2, 0) is 15.8 Å². The van der Waals surface area contributed by atoms with E-state index in [1.54, 1.807) is 6.07 Å². The lowest BCUT2D eigenvalue weighted by atomic mass is 9.86. The number of halogens is 3. The van der Waals surface area contributed by atoms with Crippen molar-refractivity contribution in [3.05, 3.63) is 70.8 Å². The van der Waals surface area contributed by atoms with Gasteiger partial charge in [-0.05, 0) is 43.1 Å². The van der Waals surface area contributed by atoms with Crippen LogP contribution in [0.15, 0.2) is 42.5 Å². The summed E-state index contributed by atoms with van der Waals surface area (Å²) in [4.78, 5) is 0. The standard InChI is InChI=1S/C19H22F2N2O2S.ClH/c1-13-3-2-4-14(9-13)12-26(24,25)23-19-11-22-8-7-16(19)15-5-6-17(20)18(21)10-15;/h2-6,9-10,16,19,22-23H,7-8,11-12H2,1H3;1H. The van der Waals surface area contributed by atoms with Gasteiger partial charge in [0.2, 0.25) is 10.0 Å². The van der Waals surface area contributed by atoms with Crippen LogP contribution in [0.3, 0.4) is 0 Å². The number of sulfonamides is 1. The molecule has 3 rings (SSSR count). The number of aryl methyl sites for hydroxylation is 1. The highest BCUT2D eigenvalue weighted by atomic mass is 35.5. The van der Waals surface area contributed by atoms with Crippen molar-refractivity contribution in [2.24, 2.45) is 0 Å². The minimum absolute atomic E-state index is 0. The summed E-state index contributed by atoms with van der Waals surface area (Å²) >= 11 is 0. The molecule has 0 aliphatic carbocycles. The van der Waals surface area contributed by atoms with E-state index < -0.39 is 27.7 Å². The number of nitrogens with one attached hydrogen (secondary N) is 2. The molecule has 1 fully saturated rings. The first-order chi connectivity index (χ1) is 12.3. The highest BCUT2D eigenvalue weighted by molar-refractivity contribution is 7.88. The molecular weight excluding hydrogens is 394 g/mol. The molecule has 27 heavy (non-hydrogen) atoms. The first-order valence-electron chi connectivity index (χ1n) is 8.55. The van der Waals surface area contributed by atoms with Crippen molar-refractivity contribution >= 4 is 22.4 Å². The molecule has 2 atom stereocenters. The van der Waals surface area contributed by atoms with Gasteiger partial charge in [0.25, 0.3) is 0 Å². The average Bonchev–Trinajstić information content (AvgIpc) is 2.57. The topological polar surface area (TPSA) is 58.2 Å². The zero-order valence-electron chi connectivity index (χ0n) is 14.9. The normalized spacial score (nSPS) is 20.1. The third-order valence-electron chi connectivity index (χ3n) is 4.62. The highest BCUT2D eigenvalue weighted by Crippen LogP contribution is 2.27. The minimum Gasteiger partial charge on any atom is -0.315 e. The summed E-state index contributed by atoms with van der Waals surface area (Å²) in [5.41, 5.74) is 2.32. The molecule has 0 amide bonds. The molecule has 2 N–H and O–H groups in total. The summed E-state index contributed by atoms with van der Waals surface area (Å²) in [5.74, 6) is -2.14. The number of rotatable bonds is 5. The van der Waals surface area contributed by atoms with Crippen molar-refractivity contribution in [3.63, 3.8) is 0 Å². The number of piperidine rings is 1. The Kier molecular flexibility index (Phi) is 7.33. The maximum atomic E-state index is 13.6. The van der Waals surface area contributed by atoms with E-state index in [1.807, 2.05) is 25.1 Å². The Labute approximate surface area is 164 Å². The summed E-state index contributed by atoms with van der Waals surface area (Å²) in [6.45, 7) is 3.05. The molecular formula is C19H23ClF2N2O2S. The van der Waals surface area contributed by atoms with E-state index in [9.17, 15) is 17.2 Å². The molecule has 148 valence electrons. The number of benzene rings is 2. The molecule has 2 unspecified atom stereocenters. The molecule has 0 aromatic heterocycles. The lowest BCUT2D eigenvalue weighted by Crippen LogP contribution is -2.50. The molecule has 1 aliphatic rings. The van der Waals surface area contributed by atoms with E-state index in [-0.39, 0.29) is 24.1 Å². The molecule has 1 heterocycles. The van der Waals surface area contributed by atoms with Crippen LogP contribution in [0.1, 0.15) is 29.0 Å². The summed E-state index contributed by atoms with van der Waals surface area (Å²) in [7, 11) is -3.57. The Morgan fingerprint density at radius 3 is 2.63 bits per heavy atom. The molecule has 0 saturated carbocycles. The monoisotopic (exact) mass is 416 g/mol. The number of hydrogen-bond acceptors (Lipinski definition) is 3. The largest absolute Gasteiger partial charge is 0.315 e. The van der Waals surface area contributed by atoms with Crippen molar-refractivity contribution in [1.82, 2.24) is 10.0 Å². The van der Waals surface area contributed by atoms with E-state index in [1.165, 1.54) is 6.07 Å². The van der Waals surface area contributed by atoms with Gasteiger partial charge in [0.05, 0.1) is 5.75 Å². The predicted molar refractivity (Wildman–Crippen MR) is 105 cm³/mol. The molecule has 4 nitrogen and oxygen atoms in total. The zero-order chi connectivity index (χ0) is 18.7. The first-order valence-corrected chi connectivity index (χ1v) is 10.2. The van der Waals surface area contributed by atoms with Crippen molar-refractivity contribution in [2.75, 3.05) is 13.1 Å². The van der Waals surface area contributed by atoms with Gasteiger partial charge in [-0.15, -0.1) is 12.4 Å². The average molecular weight is 417 g/mol. The predicted octanol–water partition coefficient (Wildman–Crippen LogP) is 3.26. The molecule has 8 heteroatoms. The van der Waals surface area contributed by atoms with Crippen LogP contribution < -0.4 is 10.0 Å². The van der Waals surface area contributed by atoms with E-state index in [0.29, 0.717) is 30.6 Å². The van der Waals surface area contributed by atoms with Gasteiger partial charge in [-0.1, -0.05) is 35.9 Å². The van der Waals surface area contributed by atoms with E-state index in [0.717, 1.165) is 17.7 Å². The second kappa shape index (κ2) is 9.10. The second-order valence-electron chi connectivity index (χ2n) is 6.75. The summed E-state index contributed by atoms with van der Waals surface area (Å²) < 4.78 is 54.8. The second-order valence-corrected chi connectivity index (χ2v) is 8.50. The van der Waals surface area contributed by atoms with Gasteiger partial charge >= 0.3 is 0 Å². The molecule has 0 bridgehead atoms. The van der Waals surface area contributed by atoms with Gasteiger partial charge in [-0.25, -0.2) is 21.9 Å². The highest BCUT2D eigenvalue weighted by Gasteiger charge is 2.30. The first kappa shape index (κ1) is 21.8. The Bertz CT molecular complexity index is 893. The van der Waals surface area contributed by atoms with Crippen LogP contribution in [0.2, 0.25) is 0 Å². The Balaban J connectivity index is 0.00000261. The maximum absolute atomic E-state index is 13.6. The van der Waals surface area contributed by atoms with Gasteiger partial charge in [-0.2, -0.15) is 0 Å². The fourth-order valence-electron chi connectivity index (χ4n) is 3.42. The van der Waals surface area contributed by atoms with Crippen molar-refractivity contribution < 1.29 is 17.2 Å². The van der Waals surface area contributed by atoms with E-state index in [4.69, 9.17) is 0 Å². The van der Waals surface area contributed by atoms with Crippen LogP contribution in [0.4, 0.5) is 8.78 Å². The Morgan fingerprint density at radius 1 is 1.15 bits per heavy atom. The SMILES string of the molecule is Cc1cccc(CS(=O)(=O)NC2CNCCC2c2ccc(F)c(F)c2)c1.Cl. The van der Waals surface area contributed by atoms with Gasteiger partial charge in [0.15, 0.2) is 11.6 Å². The fourth-order valence-corrected chi connectivity index (χ4v) is 4.83. The van der Waals surface area contributed by atoms with Crippen LogP contribution in [0.5, 0.6) is 0 Å². The minimum atomic E-state index is -3.57. The van der Waals surface area contributed by atoms with Crippen molar-refractivity contribution in [3.8, 4) is 0 Å². The van der Waals surface area contributed by atoms with Gasteiger partial charge in [0.1, 0.15) is 0 Å². The molecule has 0 spiro atoms. The molecule has 2 aromatic carbocycles.